The van der Waals surface area contributed by atoms with Gasteiger partial charge in [0.05, 0.1) is 12.3 Å². The van der Waals surface area contributed by atoms with Gasteiger partial charge >= 0.3 is 5.97 Å². The molecule has 1 rings (SSSR count). The summed E-state index contributed by atoms with van der Waals surface area (Å²) in [4.78, 5) is 15.2. The van der Waals surface area contributed by atoms with Crippen LogP contribution in [0.5, 0.6) is 0 Å². The maximum Gasteiger partial charge on any atom is 0.323 e. The highest BCUT2D eigenvalue weighted by Gasteiger charge is 2.23. The molecule has 0 fully saturated rings. The Kier molecular flexibility index (Phi) is 6.56. The van der Waals surface area contributed by atoms with Crippen molar-refractivity contribution in [3.63, 3.8) is 0 Å². The molecule has 1 atom stereocenters. The number of nitrogens with two attached hydrogens (primary N) is 1. The zero-order valence-corrected chi connectivity index (χ0v) is 12.0. The molecule has 112 valence electrons. The molecular weight excluding hydrogens is 284 g/mol. The maximum absolute atomic E-state index is 11.6. The highest BCUT2D eigenvalue weighted by atomic mass is 32.2. The molecule has 0 radical (unpaired) electrons. The number of hydrogen-bond acceptors (Lipinski definition) is 7. The highest BCUT2D eigenvalue weighted by Crippen LogP contribution is 2.11. The van der Waals surface area contributed by atoms with Crippen LogP contribution in [0.4, 0.5) is 0 Å². The lowest BCUT2D eigenvalue weighted by atomic mass is 10.3. The number of esters is 1. The number of ether oxygens (including phenoxy) is 1. The van der Waals surface area contributed by atoms with Crippen LogP contribution in [0, 0.1) is 0 Å². The first-order valence-corrected chi connectivity index (χ1v) is 7.75. The van der Waals surface area contributed by atoms with Gasteiger partial charge in [0.25, 0.3) is 10.1 Å². The van der Waals surface area contributed by atoms with Gasteiger partial charge < -0.3 is 4.74 Å². The summed E-state index contributed by atoms with van der Waals surface area (Å²) >= 11 is 0. The van der Waals surface area contributed by atoms with Gasteiger partial charge in [0.1, 0.15) is 0 Å². The van der Waals surface area contributed by atoms with Gasteiger partial charge in [-0.2, -0.15) is 8.42 Å². The number of unbranched alkanes of at least 4 members (excludes halogenated alkanes) is 1. The van der Waals surface area contributed by atoms with E-state index in [9.17, 15) is 13.2 Å². The summed E-state index contributed by atoms with van der Waals surface area (Å²) in [5.41, 5.74) is 5.82. The number of nitrogens with zero attached hydrogens (tertiary/aromatic N) is 1. The van der Waals surface area contributed by atoms with Gasteiger partial charge in [0.2, 0.25) is 0 Å². The zero-order valence-electron chi connectivity index (χ0n) is 11.2. The van der Waals surface area contributed by atoms with Crippen molar-refractivity contribution in [1.29, 1.82) is 0 Å². The van der Waals surface area contributed by atoms with Crippen LogP contribution in [0.1, 0.15) is 31.7 Å². The molecule has 0 amide bonds. The molecular formula is C12H18N2O5S. The van der Waals surface area contributed by atoms with Gasteiger partial charge in [-0.25, -0.2) is 4.18 Å². The molecule has 0 spiro atoms. The normalized spacial score (nSPS) is 12.9. The Balaban J connectivity index is 2.51. The summed E-state index contributed by atoms with van der Waals surface area (Å²) in [5, 5.41) is 0. The van der Waals surface area contributed by atoms with Crippen LogP contribution in [-0.2, 0) is 23.8 Å². The van der Waals surface area contributed by atoms with Crippen LogP contribution in [0.15, 0.2) is 24.4 Å². The Hall–Kier alpha value is -1.51. The van der Waals surface area contributed by atoms with Crippen molar-refractivity contribution >= 4 is 16.1 Å². The average molecular weight is 302 g/mol. The monoisotopic (exact) mass is 302 g/mol. The highest BCUT2D eigenvalue weighted by molar-refractivity contribution is 7.87. The largest absolute Gasteiger partial charge is 0.465 e. The second kappa shape index (κ2) is 7.93. The molecule has 0 saturated heterocycles. The Bertz CT molecular complexity index is 518. The van der Waals surface area contributed by atoms with Gasteiger partial charge in [-0.1, -0.05) is 19.4 Å². The molecule has 8 heteroatoms. The molecule has 0 aromatic carbocycles. The van der Waals surface area contributed by atoms with Crippen molar-refractivity contribution in [1.82, 2.24) is 4.98 Å². The van der Waals surface area contributed by atoms with Crippen LogP contribution in [0.2, 0.25) is 0 Å². The van der Waals surface area contributed by atoms with Gasteiger partial charge in [-0.05, 0) is 18.6 Å². The van der Waals surface area contributed by atoms with E-state index in [2.05, 4.69) is 9.17 Å². The third-order valence-corrected chi connectivity index (χ3v) is 3.37. The number of carbonyl (C=O) groups excluding carboxylic acids is 1. The minimum atomic E-state index is -4.10. The fourth-order valence-electron chi connectivity index (χ4n) is 1.30. The van der Waals surface area contributed by atoms with E-state index in [1.807, 2.05) is 6.92 Å². The predicted octanol–water partition coefficient (Wildman–Crippen LogP) is 0.729. The molecule has 0 aliphatic heterocycles. The van der Waals surface area contributed by atoms with E-state index in [1.54, 1.807) is 12.1 Å². The maximum atomic E-state index is 11.6. The van der Waals surface area contributed by atoms with Crippen LogP contribution in [0.25, 0.3) is 0 Å². The van der Waals surface area contributed by atoms with Crippen LogP contribution < -0.4 is 5.73 Å². The van der Waals surface area contributed by atoms with Crippen LogP contribution in [-0.4, -0.2) is 31.7 Å². The summed E-state index contributed by atoms with van der Waals surface area (Å²) in [6.45, 7) is 2.12. The van der Waals surface area contributed by atoms with Gasteiger partial charge in [0, 0.05) is 6.20 Å². The molecule has 1 heterocycles. The third kappa shape index (κ3) is 6.09. The molecule has 0 aliphatic rings. The molecule has 0 bridgehead atoms. The quantitative estimate of drug-likeness (QED) is 0.326. The lowest BCUT2D eigenvalue weighted by Gasteiger charge is -2.12. The first kappa shape index (κ1) is 16.5. The van der Waals surface area contributed by atoms with E-state index < -0.39 is 28.1 Å². The molecule has 2 N–H and O–H groups in total. The smallest absolute Gasteiger partial charge is 0.323 e. The van der Waals surface area contributed by atoms with Crippen LogP contribution in [0.3, 0.4) is 0 Å². The van der Waals surface area contributed by atoms with E-state index in [4.69, 9.17) is 10.5 Å². The molecule has 20 heavy (non-hydrogen) atoms. The first-order valence-electron chi connectivity index (χ1n) is 6.17. The van der Waals surface area contributed by atoms with E-state index in [0.717, 1.165) is 6.42 Å². The minimum absolute atomic E-state index is 0.192. The minimum Gasteiger partial charge on any atom is -0.465 e. The lowest BCUT2D eigenvalue weighted by Crippen LogP contribution is -2.26. The second-order valence-electron chi connectivity index (χ2n) is 4.05. The molecule has 1 unspecified atom stereocenters. The van der Waals surface area contributed by atoms with Gasteiger partial charge in [0.15, 0.2) is 12.0 Å². The van der Waals surface area contributed by atoms with Crippen molar-refractivity contribution in [2.24, 2.45) is 5.73 Å². The fraction of sp³-hybridized carbons (Fsp3) is 0.500. The molecule has 1 aromatic heterocycles. The van der Waals surface area contributed by atoms with E-state index in [-0.39, 0.29) is 12.3 Å². The van der Waals surface area contributed by atoms with Gasteiger partial charge in [-0.15, -0.1) is 0 Å². The molecule has 0 aliphatic carbocycles. The molecule has 1 aromatic rings. The van der Waals surface area contributed by atoms with Crippen molar-refractivity contribution in [2.75, 3.05) is 12.4 Å². The Morgan fingerprint density at radius 3 is 2.80 bits per heavy atom. The summed E-state index contributed by atoms with van der Waals surface area (Å²) in [5.74, 6) is -1.72. The van der Waals surface area contributed by atoms with E-state index in [0.29, 0.717) is 6.42 Å². The fourth-order valence-corrected chi connectivity index (χ4v) is 2.16. The van der Waals surface area contributed by atoms with Crippen molar-refractivity contribution in [2.45, 2.75) is 26.0 Å². The molecule has 7 nitrogen and oxygen atoms in total. The summed E-state index contributed by atoms with van der Waals surface area (Å²) in [7, 11) is -4.10. The zero-order chi connectivity index (χ0) is 15.0. The Labute approximate surface area is 118 Å². The number of pyridine rings is 1. The van der Waals surface area contributed by atoms with Crippen molar-refractivity contribution < 1.29 is 22.1 Å². The Morgan fingerprint density at radius 2 is 2.20 bits per heavy atom. The standard InChI is InChI=1S/C12H18N2O5S/c1-2-3-8-18-11(15)9-20(16,17)19-12(13)10-6-4-5-7-14-10/h4-7,12H,2-3,8-9,13H2,1H3. The third-order valence-electron chi connectivity index (χ3n) is 2.29. The van der Waals surface area contributed by atoms with Crippen molar-refractivity contribution in [3.05, 3.63) is 30.1 Å². The predicted molar refractivity (Wildman–Crippen MR) is 71.9 cm³/mol. The number of aromatic nitrogens is 1. The second-order valence-corrected chi connectivity index (χ2v) is 5.64. The van der Waals surface area contributed by atoms with E-state index >= 15 is 0 Å². The van der Waals surface area contributed by atoms with Crippen molar-refractivity contribution in [3.8, 4) is 0 Å². The summed E-state index contributed by atoms with van der Waals surface area (Å²) < 4.78 is 32.7. The number of hydrogen-bond donors (Lipinski definition) is 1. The number of rotatable bonds is 8. The lowest BCUT2D eigenvalue weighted by molar-refractivity contribution is -0.140. The van der Waals surface area contributed by atoms with Crippen LogP contribution >= 0.6 is 0 Å². The average Bonchev–Trinajstić information content (AvgIpc) is 2.38. The summed E-state index contributed by atoms with van der Waals surface area (Å²) in [6.07, 6.45) is 1.75. The molecule has 0 saturated carbocycles. The first-order chi connectivity index (χ1) is 9.44. The van der Waals surface area contributed by atoms with Gasteiger partial charge in [-0.3, -0.25) is 15.5 Å². The Morgan fingerprint density at radius 1 is 1.45 bits per heavy atom. The summed E-state index contributed by atoms with van der Waals surface area (Å²) in [6, 6.07) is 4.84. The van der Waals surface area contributed by atoms with E-state index in [1.165, 1.54) is 12.3 Å². The SMILES string of the molecule is CCCCOC(=O)CS(=O)(=O)OC(N)c1ccccn1. The number of carbonyl (C=O) groups is 1. The topological polar surface area (TPSA) is 109 Å².